The van der Waals surface area contributed by atoms with Crippen molar-refractivity contribution in [1.82, 2.24) is 4.90 Å². The van der Waals surface area contributed by atoms with E-state index in [9.17, 15) is 20.0 Å². The lowest BCUT2D eigenvalue weighted by Gasteiger charge is -2.22. The van der Waals surface area contributed by atoms with Gasteiger partial charge < -0.3 is 9.84 Å². The Morgan fingerprint density at radius 2 is 1.94 bits per heavy atom. The zero-order valence-corrected chi connectivity index (χ0v) is 19.4. The fourth-order valence-corrected chi connectivity index (χ4v) is 3.63. The van der Waals surface area contributed by atoms with E-state index in [1.807, 2.05) is 50.3 Å². The number of benzene rings is 1. The maximum atomic E-state index is 12.8. The number of imide groups is 1. The van der Waals surface area contributed by atoms with Crippen molar-refractivity contribution in [3.63, 3.8) is 0 Å². The second kappa shape index (κ2) is 9.74. The van der Waals surface area contributed by atoms with Gasteiger partial charge in [-0.3, -0.25) is 14.5 Å². The van der Waals surface area contributed by atoms with E-state index < -0.39 is 18.4 Å². The topological polar surface area (TPSA) is 145 Å². The molecule has 0 fully saturated rings. The molecule has 2 heterocycles. The summed E-state index contributed by atoms with van der Waals surface area (Å²) < 4.78 is 5.47. The molecule has 0 bridgehead atoms. The molecule has 0 saturated carbocycles. The van der Waals surface area contributed by atoms with Crippen molar-refractivity contribution < 1.29 is 29.3 Å². The number of hydrogen-bond donors (Lipinski definition) is 2. The molecule has 0 saturated heterocycles. The van der Waals surface area contributed by atoms with Crippen LogP contribution in [0.3, 0.4) is 0 Å². The summed E-state index contributed by atoms with van der Waals surface area (Å²) in [6, 6.07) is 9.23. The predicted molar refractivity (Wildman–Crippen MR) is 125 cm³/mol. The minimum atomic E-state index is -0.738. The summed E-state index contributed by atoms with van der Waals surface area (Å²) in [4.78, 5) is 27.5. The van der Waals surface area contributed by atoms with E-state index >= 15 is 0 Å². The molecule has 176 valence electrons. The monoisotopic (exact) mass is 473 g/mol. The Kier molecular flexibility index (Phi) is 6.57. The number of β-amino-alcohol motifs (C(OH)–C–C–N with tert-alkyl or cyclic N) is 1. The van der Waals surface area contributed by atoms with Gasteiger partial charge in [-0.05, 0) is 49.7 Å². The summed E-state index contributed by atoms with van der Waals surface area (Å²) in [7, 11) is 0. The number of hydrogen-bond acceptors (Lipinski definition) is 8. The maximum Gasteiger partial charge on any atom is 0.328 e. The minimum absolute atomic E-state index is 0.00728. The molecule has 11 heteroatoms. The van der Waals surface area contributed by atoms with E-state index in [1.54, 1.807) is 6.08 Å². The summed E-state index contributed by atoms with van der Waals surface area (Å²) in [5, 5.41) is 34.7. The molecular weight excluding hydrogens is 450 g/mol. The number of nitrogens with one attached hydrogen (secondary N) is 1. The molecule has 3 aliphatic rings. The van der Waals surface area contributed by atoms with E-state index in [0.29, 0.717) is 23.7 Å². The van der Waals surface area contributed by atoms with Crippen LogP contribution < -0.4 is 9.84 Å². The highest BCUT2D eigenvalue weighted by molar-refractivity contribution is 6.48. The average molecular weight is 473 g/mol. The third-order valence-corrected chi connectivity index (χ3v) is 5.47. The molecule has 2 aliphatic heterocycles. The Morgan fingerprint density at radius 1 is 1.20 bits per heavy atom. The number of azo groups is 1. The molecule has 2 N–H and O–H groups in total. The minimum Gasteiger partial charge on any atom is -0.494 e. The molecular formula is C24H23N7O4+2. The van der Waals surface area contributed by atoms with Crippen molar-refractivity contribution in [1.29, 1.82) is 5.26 Å². The highest BCUT2D eigenvalue weighted by Crippen LogP contribution is 2.26. The van der Waals surface area contributed by atoms with Crippen LogP contribution in [0.15, 0.2) is 74.2 Å². The van der Waals surface area contributed by atoms with Gasteiger partial charge in [0.1, 0.15) is 23.1 Å². The van der Waals surface area contributed by atoms with Crippen LogP contribution in [0.25, 0.3) is 0 Å². The van der Waals surface area contributed by atoms with E-state index in [1.165, 1.54) is 11.7 Å². The molecule has 0 atom stereocenters. The second-order valence-electron chi connectivity index (χ2n) is 7.74. The lowest BCUT2D eigenvalue weighted by molar-refractivity contribution is -0.509. The number of allylic oxidation sites excluding steroid dienone is 3. The van der Waals surface area contributed by atoms with Crippen LogP contribution >= 0.6 is 0 Å². The molecule has 0 radical (unpaired) electrons. The van der Waals surface area contributed by atoms with Crippen LogP contribution in [-0.4, -0.2) is 63.5 Å². The SMILES string of the molecule is CCOc1ccc([N+]2=NC3=C/C(=N\[NH+]=C4C(=O)N(CCO)C(=O)C(C#N)=C4C)C(C)=CC3=N2)cc1. The molecule has 1 aromatic carbocycles. The number of rotatable bonds is 6. The van der Waals surface area contributed by atoms with Gasteiger partial charge in [0.15, 0.2) is 11.4 Å². The van der Waals surface area contributed by atoms with Crippen molar-refractivity contribution in [2.24, 2.45) is 15.3 Å². The Morgan fingerprint density at radius 3 is 2.60 bits per heavy atom. The summed E-state index contributed by atoms with van der Waals surface area (Å²) in [6.07, 6.45) is 3.55. The van der Waals surface area contributed by atoms with Gasteiger partial charge in [-0.2, -0.15) is 5.26 Å². The third-order valence-electron chi connectivity index (χ3n) is 5.47. The largest absolute Gasteiger partial charge is 0.494 e. The van der Waals surface area contributed by atoms with Gasteiger partial charge in [-0.1, -0.05) is 5.10 Å². The first kappa shape index (κ1) is 23.6. The third kappa shape index (κ3) is 4.47. The molecule has 2 amide bonds. The number of hydrazone groups is 2. The van der Waals surface area contributed by atoms with Gasteiger partial charge in [0.05, 0.1) is 30.1 Å². The zero-order chi connectivity index (χ0) is 25.1. The summed E-state index contributed by atoms with van der Waals surface area (Å²) in [6.45, 7) is 5.20. The van der Waals surface area contributed by atoms with E-state index in [4.69, 9.17) is 4.74 Å². The number of carbonyl (C=O) groups is 2. The maximum absolute atomic E-state index is 12.8. The van der Waals surface area contributed by atoms with Crippen molar-refractivity contribution in [2.75, 3.05) is 19.8 Å². The highest BCUT2D eigenvalue weighted by Gasteiger charge is 2.40. The molecule has 0 unspecified atom stereocenters. The molecule has 0 spiro atoms. The molecule has 4 rings (SSSR count). The highest BCUT2D eigenvalue weighted by atomic mass is 16.5. The van der Waals surface area contributed by atoms with Gasteiger partial charge in [0, 0.05) is 28.4 Å². The fourth-order valence-electron chi connectivity index (χ4n) is 3.63. The normalized spacial score (nSPS) is 19.9. The first-order valence-corrected chi connectivity index (χ1v) is 10.9. The van der Waals surface area contributed by atoms with Gasteiger partial charge in [-0.25, -0.2) is 0 Å². The van der Waals surface area contributed by atoms with Crippen LogP contribution in [0, 0.1) is 11.3 Å². The number of aliphatic hydroxyl groups is 1. The Labute approximate surface area is 201 Å². The summed E-state index contributed by atoms with van der Waals surface area (Å²) in [5.74, 6) is -0.642. The first-order chi connectivity index (χ1) is 16.9. The Bertz CT molecular complexity index is 1370. The summed E-state index contributed by atoms with van der Waals surface area (Å²) >= 11 is 0. The smallest absolute Gasteiger partial charge is 0.328 e. The molecule has 1 aromatic rings. The lowest BCUT2D eigenvalue weighted by Crippen LogP contribution is -2.72. The second-order valence-corrected chi connectivity index (χ2v) is 7.74. The molecule has 11 nitrogen and oxygen atoms in total. The van der Waals surface area contributed by atoms with Crippen LogP contribution in [0.4, 0.5) is 5.69 Å². The molecule has 0 aromatic heterocycles. The number of carbonyl (C=O) groups excluding carboxylic acids is 2. The summed E-state index contributed by atoms with van der Waals surface area (Å²) in [5.41, 5.74) is 3.31. The molecule has 35 heavy (non-hydrogen) atoms. The average Bonchev–Trinajstić information content (AvgIpc) is 3.25. The van der Waals surface area contributed by atoms with Crippen LogP contribution in [0.5, 0.6) is 5.75 Å². The van der Waals surface area contributed by atoms with Crippen molar-refractivity contribution in [3.8, 4) is 11.8 Å². The van der Waals surface area contributed by atoms with Crippen LogP contribution in [-0.2, 0) is 9.59 Å². The van der Waals surface area contributed by atoms with Gasteiger partial charge in [-0.15, -0.1) is 0 Å². The van der Waals surface area contributed by atoms with Crippen molar-refractivity contribution >= 4 is 34.6 Å². The predicted octanol–water partition coefficient (Wildman–Crippen LogP) is 0.474. The molecule has 1 aliphatic carbocycles. The van der Waals surface area contributed by atoms with E-state index in [0.717, 1.165) is 21.9 Å². The number of ether oxygens (including phenoxy) is 1. The van der Waals surface area contributed by atoms with Crippen molar-refractivity contribution in [3.05, 3.63) is 58.8 Å². The van der Waals surface area contributed by atoms with Gasteiger partial charge >= 0.3 is 5.91 Å². The number of amides is 2. The Balaban J connectivity index is 1.67. The number of fused-ring (bicyclic) bond motifs is 1. The first-order valence-electron chi connectivity index (χ1n) is 10.9. The number of nitriles is 1. The van der Waals surface area contributed by atoms with Crippen LogP contribution in [0.2, 0.25) is 0 Å². The zero-order valence-electron chi connectivity index (χ0n) is 19.4. The van der Waals surface area contributed by atoms with Crippen LogP contribution in [0.1, 0.15) is 20.8 Å². The quantitative estimate of drug-likeness (QED) is 0.267. The van der Waals surface area contributed by atoms with Gasteiger partial charge in [0.25, 0.3) is 17.3 Å². The van der Waals surface area contributed by atoms with E-state index in [2.05, 4.69) is 20.4 Å². The van der Waals surface area contributed by atoms with E-state index in [-0.39, 0.29) is 23.4 Å². The van der Waals surface area contributed by atoms with Crippen molar-refractivity contribution in [2.45, 2.75) is 20.8 Å². The Hall–Kier alpha value is -4.56. The standard InChI is InChI=1S/C24H22N7O4/c1-4-35-17-7-5-16(6-8-17)31-28-20-11-14(2)19(12-21(20)29-31)26-27-22-15(3)18(13-25)23(33)30(9-10-32)24(22)34/h5-8,11-12,32H,4,9-10H2,1-3H3/q+1/p+1. The number of aliphatic hydroxyl groups excluding tert-OH is 1. The number of nitrogens with zero attached hydrogens (tertiary/aromatic N) is 6. The van der Waals surface area contributed by atoms with Gasteiger partial charge in [0.2, 0.25) is 0 Å². The fraction of sp³-hybridized carbons (Fsp3) is 0.250. The lowest BCUT2D eigenvalue weighted by atomic mass is 9.99.